The summed E-state index contributed by atoms with van der Waals surface area (Å²) in [4.78, 5) is 38.1. The van der Waals surface area contributed by atoms with E-state index < -0.39 is 71.2 Å². The zero-order chi connectivity index (χ0) is 28.8. The number of primary amides is 1. The Kier molecular flexibility index (Phi) is 7.22. The van der Waals surface area contributed by atoms with Crippen molar-refractivity contribution < 1.29 is 54.6 Å². The molecule has 3 N–H and O–H groups in total. The number of carbonyl (C=O) groups excluding carboxylic acids is 3. The van der Waals surface area contributed by atoms with Gasteiger partial charge in [-0.3, -0.25) is 14.4 Å². The Balaban J connectivity index is 2.36. The molecule has 0 bridgehead atoms. The van der Waals surface area contributed by atoms with Crippen LogP contribution in [0.4, 0.5) is 40.8 Å². The van der Waals surface area contributed by atoms with Gasteiger partial charge in [0.25, 0.3) is 17.7 Å². The van der Waals surface area contributed by atoms with Gasteiger partial charge in [0.05, 0.1) is 12.2 Å². The van der Waals surface area contributed by atoms with E-state index in [-0.39, 0.29) is 21.7 Å². The molecule has 0 spiro atoms. The Bertz CT molecular complexity index is 1260. The number of aliphatic hydroxyl groups is 1. The number of nitrogens with zero attached hydrogens (tertiary/aromatic N) is 2. The molecule has 1 aliphatic rings. The Labute approximate surface area is 209 Å². The minimum Gasteiger partial charge on any atom is -0.372 e. The highest BCUT2D eigenvalue weighted by Crippen LogP contribution is 2.45. The lowest BCUT2D eigenvalue weighted by molar-refractivity contribution is -0.287. The van der Waals surface area contributed by atoms with E-state index in [9.17, 15) is 54.6 Å². The van der Waals surface area contributed by atoms with Crippen LogP contribution in [0.5, 0.6) is 0 Å². The highest BCUT2D eigenvalue weighted by Gasteiger charge is 2.61. The first-order valence-corrected chi connectivity index (χ1v) is 10.6. The third-order valence-electron chi connectivity index (χ3n) is 5.83. The van der Waals surface area contributed by atoms with E-state index in [1.54, 1.807) is 0 Å². The predicted octanol–water partition coefficient (Wildman–Crippen LogP) is 3.57. The summed E-state index contributed by atoms with van der Waals surface area (Å²) in [7, 11) is 0. The Morgan fingerprint density at radius 3 is 2.00 bits per heavy atom. The molecule has 0 radical (unpaired) electrons. The van der Waals surface area contributed by atoms with Crippen molar-refractivity contribution in [2.24, 2.45) is 5.73 Å². The van der Waals surface area contributed by atoms with Crippen molar-refractivity contribution in [3.63, 3.8) is 0 Å². The Hall–Kier alpha value is -3.75. The van der Waals surface area contributed by atoms with Crippen LogP contribution < -0.4 is 10.6 Å². The number of fused-ring (bicyclic) bond motifs is 3. The number of para-hydroxylation sites is 1. The third-order valence-corrected chi connectivity index (χ3v) is 5.83. The molecule has 15 heteroatoms. The Morgan fingerprint density at radius 1 is 0.947 bits per heavy atom. The number of hydrogen-bond donors (Lipinski definition) is 2. The van der Waals surface area contributed by atoms with Gasteiger partial charge in [-0.25, -0.2) is 0 Å². The lowest BCUT2D eigenvalue weighted by Crippen LogP contribution is -2.61. The smallest absolute Gasteiger partial charge is 0.372 e. The van der Waals surface area contributed by atoms with E-state index in [0.717, 1.165) is 12.1 Å². The summed E-state index contributed by atoms with van der Waals surface area (Å²) in [5, 5.41) is 10.3. The lowest BCUT2D eigenvalue weighted by Gasteiger charge is -2.38. The summed E-state index contributed by atoms with van der Waals surface area (Å²) in [5.41, 5.74) is 0.623. The van der Waals surface area contributed by atoms with Crippen LogP contribution in [0.15, 0.2) is 48.5 Å². The van der Waals surface area contributed by atoms with Gasteiger partial charge in [0.1, 0.15) is 12.6 Å². The van der Waals surface area contributed by atoms with Gasteiger partial charge >= 0.3 is 18.3 Å². The standard InChI is InChI=1S/C23H19F8N3O4/c1-20(38,18(32)36)19(37)34(10-21(24,25)23(29,30)31)16-14-8-3-2-6-12(14)13-7-4-5-9-15(13)33(17(16)35)11-22(26,27)28/h2-9,16,38H,10-11H2,1H3,(H2,32,36)/t16-,20-/m0/s1. The van der Waals surface area contributed by atoms with Crippen LogP contribution in [0.2, 0.25) is 0 Å². The maximum Gasteiger partial charge on any atom is 0.455 e. The van der Waals surface area contributed by atoms with E-state index in [1.807, 2.05) is 0 Å². The molecule has 2 atom stereocenters. The van der Waals surface area contributed by atoms with Gasteiger partial charge in [-0.15, -0.1) is 0 Å². The predicted molar refractivity (Wildman–Crippen MR) is 116 cm³/mol. The summed E-state index contributed by atoms with van der Waals surface area (Å²) in [6.45, 7) is -4.23. The highest BCUT2D eigenvalue weighted by molar-refractivity contribution is 6.11. The molecule has 3 amide bonds. The van der Waals surface area contributed by atoms with E-state index in [1.165, 1.54) is 36.4 Å². The van der Waals surface area contributed by atoms with Gasteiger partial charge in [0.15, 0.2) is 0 Å². The molecule has 0 fully saturated rings. The van der Waals surface area contributed by atoms with Crippen LogP contribution in [0.3, 0.4) is 0 Å². The lowest BCUT2D eigenvalue weighted by atomic mass is 9.93. The fourth-order valence-electron chi connectivity index (χ4n) is 3.93. The molecule has 1 aliphatic heterocycles. The largest absolute Gasteiger partial charge is 0.455 e. The molecule has 3 rings (SSSR count). The zero-order valence-corrected chi connectivity index (χ0v) is 19.3. The molecule has 0 unspecified atom stereocenters. The first-order valence-electron chi connectivity index (χ1n) is 10.6. The minimum atomic E-state index is -6.29. The van der Waals surface area contributed by atoms with Crippen molar-refractivity contribution in [1.29, 1.82) is 0 Å². The summed E-state index contributed by atoms with van der Waals surface area (Å²) < 4.78 is 109. The van der Waals surface area contributed by atoms with Gasteiger partial charge in [-0.2, -0.15) is 35.1 Å². The number of anilines is 1. The summed E-state index contributed by atoms with van der Waals surface area (Å²) in [6, 6.07) is 7.30. The molecule has 0 saturated heterocycles. The molecule has 0 aliphatic carbocycles. The van der Waals surface area contributed by atoms with Crippen LogP contribution in [0.1, 0.15) is 18.5 Å². The first kappa shape index (κ1) is 28.8. The minimum absolute atomic E-state index is 0.0279. The molecule has 206 valence electrons. The number of hydrogen-bond acceptors (Lipinski definition) is 4. The van der Waals surface area contributed by atoms with Crippen molar-refractivity contribution >= 4 is 23.4 Å². The summed E-state index contributed by atoms with van der Waals surface area (Å²) >= 11 is 0. The maximum absolute atomic E-state index is 14.3. The molecule has 0 aromatic heterocycles. The number of amides is 3. The van der Waals surface area contributed by atoms with Gasteiger partial charge in [-0.05, 0) is 24.1 Å². The fourth-order valence-corrected chi connectivity index (χ4v) is 3.93. The number of benzene rings is 2. The average Bonchev–Trinajstić information content (AvgIpc) is 2.89. The number of alkyl halides is 8. The van der Waals surface area contributed by atoms with Gasteiger partial charge in [0, 0.05) is 5.56 Å². The van der Waals surface area contributed by atoms with Gasteiger partial charge < -0.3 is 20.6 Å². The molecule has 2 aromatic rings. The first-order chi connectivity index (χ1) is 17.3. The van der Waals surface area contributed by atoms with Crippen molar-refractivity contribution in [2.75, 3.05) is 18.0 Å². The quantitative estimate of drug-likeness (QED) is 0.422. The number of rotatable bonds is 6. The molecular formula is C23H19F8N3O4. The normalized spacial score (nSPS) is 17.7. The molecule has 7 nitrogen and oxygen atoms in total. The van der Waals surface area contributed by atoms with Crippen LogP contribution in [-0.2, 0) is 14.4 Å². The van der Waals surface area contributed by atoms with E-state index in [2.05, 4.69) is 0 Å². The zero-order valence-electron chi connectivity index (χ0n) is 19.3. The van der Waals surface area contributed by atoms with Crippen molar-refractivity contribution in [1.82, 2.24) is 4.90 Å². The second-order valence-electron chi connectivity index (χ2n) is 8.62. The molecule has 0 saturated carbocycles. The average molecular weight is 553 g/mol. The molecule has 1 heterocycles. The van der Waals surface area contributed by atoms with E-state index >= 15 is 0 Å². The third kappa shape index (κ3) is 5.28. The van der Waals surface area contributed by atoms with Crippen LogP contribution in [0, 0.1) is 0 Å². The van der Waals surface area contributed by atoms with Crippen molar-refractivity contribution in [3.8, 4) is 11.1 Å². The molecule has 2 aromatic carbocycles. The summed E-state index contributed by atoms with van der Waals surface area (Å²) in [6.07, 6.45) is -11.4. The van der Waals surface area contributed by atoms with Crippen LogP contribution in [-0.4, -0.2) is 64.7 Å². The van der Waals surface area contributed by atoms with Crippen molar-refractivity contribution in [2.45, 2.75) is 36.8 Å². The monoisotopic (exact) mass is 553 g/mol. The Morgan fingerprint density at radius 2 is 1.47 bits per heavy atom. The van der Waals surface area contributed by atoms with Crippen LogP contribution >= 0.6 is 0 Å². The fraction of sp³-hybridized carbons (Fsp3) is 0.348. The van der Waals surface area contributed by atoms with Gasteiger partial charge in [0.2, 0.25) is 5.60 Å². The van der Waals surface area contributed by atoms with Crippen molar-refractivity contribution in [3.05, 3.63) is 54.1 Å². The second kappa shape index (κ2) is 9.53. The SMILES string of the molecule is C[C@](O)(C(N)=O)C(=O)N(CC(F)(F)C(F)(F)F)[C@@H]1C(=O)N(CC(F)(F)F)c2ccccc2-c2ccccc21. The maximum atomic E-state index is 14.3. The topological polar surface area (TPSA) is 104 Å². The van der Waals surface area contributed by atoms with E-state index in [0.29, 0.717) is 6.92 Å². The number of halogens is 8. The number of carbonyl (C=O) groups is 3. The second-order valence-corrected chi connectivity index (χ2v) is 8.62. The van der Waals surface area contributed by atoms with Crippen LogP contribution in [0.25, 0.3) is 11.1 Å². The van der Waals surface area contributed by atoms with E-state index in [4.69, 9.17) is 5.73 Å². The highest BCUT2D eigenvalue weighted by atomic mass is 19.4. The summed E-state index contributed by atoms with van der Waals surface area (Å²) in [5.74, 6) is -11.5. The number of nitrogens with two attached hydrogens (primary N) is 1. The van der Waals surface area contributed by atoms with Gasteiger partial charge in [-0.1, -0.05) is 42.5 Å². The molecular weight excluding hydrogens is 534 g/mol. The molecule has 38 heavy (non-hydrogen) atoms.